The zero-order valence-electron chi connectivity index (χ0n) is 14.4. The number of ether oxygens (including phenoxy) is 2. The van der Waals surface area contributed by atoms with Gasteiger partial charge in [0.05, 0.1) is 18.4 Å². The van der Waals surface area contributed by atoms with E-state index in [0.717, 1.165) is 24.8 Å². The van der Waals surface area contributed by atoms with E-state index in [0.29, 0.717) is 13.0 Å². The maximum Gasteiger partial charge on any atom is 0.310 e. The highest BCUT2D eigenvalue weighted by Gasteiger charge is 2.32. The molecule has 23 heavy (non-hydrogen) atoms. The van der Waals surface area contributed by atoms with Gasteiger partial charge in [0.1, 0.15) is 6.61 Å². The summed E-state index contributed by atoms with van der Waals surface area (Å²) >= 11 is 0. The van der Waals surface area contributed by atoms with Gasteiger partial charge >= 0.3 is 11.9 Å². The normalized spacial score (nSPS) is 13.2. The molecule has 0 aliphatic rings. The molecule has 0 N–H and O–H groups in total. The lowest BCUT2D eigenvalue weighted by Crippen LogP contribution is -2.30. The van der Waals surface area contributed by atoms with Crippen LogP contribution >= 0.6 is 0 Å². The Bertz CT molecular complexity index is 470. The van der Waals surface area contributed by atoms with E-state index in [1.165, 1.54) is 0 Å². The molecule has 128 valence electrons. The first-order valence-electron chi connectivity index (χ1n) is 8.47. The third-order valence-electron chi connectivity index (χ3n) is 3.91. The monoisotopic (exact) mass is 320 g/mol. The summed E-state index contributed by atoms with van der Waals surface area (Å²) in [5.41, 5.74) is 0.942. The van der Waals surface area contributed by atoms with Crippen molar-refractivity contribution in [3.63, 3.8) is 0 Å². The highest BCUT2D eigenvalue weighted by atomic mass is 16.5. The summed E-state index contributed by atoms with van der Waals surface area (Å²) in [4.78, 5) is 24.4. The largest absolute Gasteiger partial charge is 0.466 e. The van der Waals surface area contributed by atoms with Crippen LogP contribution in [0, 0.1) is 11.8 Å². The average Bonchev–Trinajstić information content (AvgIpc) is 2.57. The molecule has 0 saturated heterocycles. The number of rotatable bonds is 10. The first kappa shape index (κ1) is 19.2. The topological polar surface area (TPSA) is 52.6 Å². The van der Waals surface area contributed by atoms with Crippen molar-refractivity contribution < 1.29 is 19.1 Å². The van der Waals surface area contributed by atoms with Gasteiger partial charge < -0.3 is 9.47 Å². The Morgan fingerprint density at radius 1 is 1.00 bits per heavy atom. The van der Waals surface area contributed by atoms with Gasteiger partial charge in [0.25, 0.3) is 0 Å². The van der Waals surface area contributed by atoms with Crippen molar-refractivity contribution in [2.45, 2.75) is 53.1 Å². The fourth-order valence-electron chi connectivity index (χ4n) is 2.46. The van der Waals surface area contributed by atoms with Gasteiger partial charge in [-0.3, -0.25) is 9.59 Å². The summed E-state index contributed by atoms with van der Waals surface area (Å²) in [5.74, 6) is -1.56. The summed E-state index contributed by atoms with van der Waals surface area (Å²) in [6.07, 6.45) is 3.67. The molecule has 1 aromatic carbocycles. The molecule has 0 spiro atoms. The van der Waals surface area contributed by atoms with Crippen LogP contribution in [0.15, 0.2) is 30.3 Å². The van der Waals surface area contributed by atoms with E-state index in [9.17, 15) is 9.59 Å². The molecule has 0 heterocycles. The number of hydrogen-bond donors (Lipinski definition) is 0. The third-order valence-corrected chi connectivity index (χ3v) is 3.91. The lowest BCUT2D eigenvalue weighted by Gasteiger charge is -2.21. The molecule has 4 nitrogen and oxygen atoms in total. The van der Waals surface area contributed by atoms with Crippen LogP contribution in [0.2, 0.25) is 0 Å². The van der Waals surface area contributed by atoms with Crippen molar-refractivity contribution in [1.82, 2.24) is 0 Å². The van der Waals surface area contributed by atoms with E-state index < -0.39 is 11.8 Å². The lowest BCUT2D eigenvalue weighted by atomic mass is 9.89. The molecule has 0 amide bonds. The van der Waals surface area contributed by atoms with Crippen LogP contribution in [0.1, 0.15) is 52.0 Å². The van der Waals surface area contributed by atoms with Crippen molar-refractivity contribution in [3.8, 4) is 0 Å². The minimum atomic E-state index is -0.477. The van der Waals surface area contributed by atoms with Crippen LogP contribution in [0.3, 0.4) is 0 Å². The van der Waals surface area contributed by atoms with Gasteiger partial charge in [0, 0.05) is 0 Å². The van der Waals surface area contributed by atoms with Gasteiger partial charge in [-0.2, -0.15) is 0 Å². The SMILES string of the molecule is CCCCCC(C(=O)OCc1ccccc1)C(C)C(=O)OCC. The Kier molecular flexibility index (Phi) is 9.03. The summed E-state index contributed by atoms with van der Waals surface area (Å²) in [6.45, 7) is 6.18. The van der Waals surface area contributed by atoms with Gasteiger partial charge in [0.2, 0.25) is 0 Å². The molecule has 2 unspecified atom stereocenters. The maximum absolute atomic E-state index is 12.4. The van der Waals surface area contributed by atoms with Crippen LogP contribution in [0.4, 0.5) is 0 Å². The number of carbonyl (C=O) groups is 2. The number of hydrogen-bond acceptors (Lipinski definition) is 4. The second kappa shape index (κ2) is 10.8. The lowest BCUT2D eigenvalue weighted by molar-refractivity contribution is -0.161. The van der Waals surface area contributed by atoms with E-state index in [2.05, 4.69) is 6.92 Å². The van der Waals surface area contributed by atoms with E-state index in [-0.39, 0.29) is 18.5 Å². The van der Waals surface area contributed by atoms with Gasteiger partial charge in [-0.05, 0) is 18.9 Å². The first-order chi connectivity index (χ1) is 11.1. The summed E-state index contributed by atoms with van der Waals surface area (Å²) in [6, 6.07) is 9.55. The quantitative estimate of drug-likeness (QED) is 0.480. The number of carbonyl (C=O) groups excluding carboxylic acids is 2. The predicted molar refractivity (Wildman–Crippen MR) is 89.7 cm³/mol. The van der Waals surface area contributed by atoms with Crippen LogP contribution in [0.25, 0.3) is 0 Å². The Balaban J connectivity index is 2.65. The van der Waals surface area contributed by atoms with Crippen molar-refractivity contribution >= 4 is 11.9 Å². The van der Waals surface area contributed by atoms with E-state index in [1.807, 2.05) is 30.3 Å². The molecule has 2 atom stereocenters. The minimum absolute atomic E-state index is 0.236. The van der Waals surface area contributed by atoms with Crippen LogP contribution < -0.4 is 0 Å². The smallest absolute Gasteiger partial charge is 0.310 e. The fraction of sp³-hybridized carbons (Fsp3) is 0.579. The summed E-state index contributed by atoms with van der Waals surface area (Å²) in [7, 11) is 0. The van der Waals surface area contributed by atoms with Gasteiger partial charge in [-0.1, -0.05) is 63.4 Å². The molecule has 0 saturated carbocycles. The molecule has 0 aliphatic heterocycles. The minimum Gasteiger partial charge on any atom is -0.466 e. The van der Waals surface area contributed by atoms with Gasteiger partial charge in [-0.25, -0.2) is 0 Å². The zero-order valence-corrected chi connectivity index (χ0v) is 14.4. The molecule has 0 fully saturated rings. The summed E-state index contributed by atoms with van der Waals surface area (Å²) < 4.78 is 10.5. The Morgan fingerprint density at radius 2 is 1.70 bits per heavy atom. The van der Waals surface area contributed by atoms with Gasteiger partial charge in [-0.15, -0.1) is 0 Å². The fourth-order valence-corrected chi connectivity index (χ4v) is 2.46. The van der Waals surface area contributed by atoms with Crippen LogP contribution in [0.5, 0.6) is 0 Å². The molecule has 1 aromatic rings. The second-order valence-corrected chi connectivity index (χ2v) is 5.74. The summed E-state index contributed by atoms with van der Waals surface area (Å²) in [5, 5.41) is 0. The number of esters is 2. The molecular weight excluding hydrogens is 292 g/mol. The van der Waals surface area contributed by atoms with E-state index in [1.54, 1.807) is 13.8 Å². The molecule has 0 radical (unpaired) electrons. The van der Waals surface area contributed by atoms with Crippen molar-refractivity contribution in [3.05, 3.63) is 35.9 Å². The predicted octanol–water partition coefficient (Wildman–Crippen LogP) is 4.13. The molecule has 4 heteroatoms. The Morgan fingerprint density at radius 3 is 2.30 bits per heavy atom. The first-order valence-corrected chi connectivity index (χ1v) is 8.47. The number of unbranched alkanes of at least 4 members (excludes halogenated alkanes) is 2. The maximum atomic E-state index is 12.4. The third kappa shape index (κ3) is 6.85. The Hall–Kier alpha value is -1.84. The highest BCUT2D eigenvalue weighted by Crippen LogP contribution is 2.23. The van der Waals surface area contributed by atoms with Crippen molar-refractivity contribution in [2.75, 3.05) is 6.61 Å². The second-order valence-electron chi connectivity index (χ2n) is 5.74. The van der Waals surface area contributed by atoms with Crippen molar-refractivity contribution in [2.24, 2.45) is 11.8 Å². The van der Waals surface area contributed by atoms with E-state index in [4.69, 9.17) is 9.47 Å². The van der Waals surface area contributed by atoms with Crippen LogP contribution in [-0.2, 0) is 25.7 Å². The van der Waals surface area contributed by atoms with Gasteiger partial charge in [0.15, 0.2) is 0 Å². The Labute approximate surface area is 139 Å². The molecule has 0 aromatic heterocycles. The highest BCUT2D eigenvalue weighted by molar-refractivity contribution is 5.81. The molecule has 0 aliphatic carbocycles. The van der Waals surface area contributed by atoms with Crippen molar-refractivity contribution in [1.29, 1.82) is 0 Å². The van der Waals surface area contributed by atoms with E-state index >= 15 is 0 Å². The zero-order chi connectivity index (χ0) is 17.1. The average molecular weight is 320 g/mol. The standard InChI is InChI=1S/C19H28O4/c1-4-6-8-13-17(15(3)18(20)22-5-2)19(21)23-14-16-11-9-7-10-12-16/h7,9-12,15,17H,4-6,8,13-14H2,1-3H3. The number of benzene rings is 1. The van der Waals surface area contributed by atoms with Crippen LogP contribution in [-0.4, -0.2) is 18.5 Å². The molecular formula is C19H28O4. The molecule has 1 rings (SSSR count). The molecule has 0 bridgehead atoms.